The Morgan fingerprint density at radius 3 is 1.78 bits per heavy atom. The summed E-state index contributed by atoms with van der Waals surface area (Å²) in [5.41, 5.74) is 11.2. The monoisotopic (exact) mass is 624 g/mol. The lowest BCUT2D eigenvalue weighted by Crippen LogP contribution is -1.96. The molecule has 0 saturated carbocycles. The summed E-state index contributed by atoms with van der Waals surface area (Å²) in [6.07, 6.45) is 0. The van der Waals surface area contributed by atoms with E-state index in [0.717, 1.165) is 82.5 Å². The van der Waals surface area contributed by atoms with E-state index in [1.807, 2.05) is 36.4 Å². The van der Waals surface area contributed by atoms with Crippen molar-refractivity contribution in [3.05, 3.63) is 163 Å². The van der Waals surface area contributed by atoms with Crippen molar-refractivity contribution in [1.82, 2.24) is 9.13 Å². The molecule has 0 amide bonds. The first-order chi connectivity index (χ1) is 24.2. The Bertz CT molecular complexity index is 3090. The highest BCUT2D eigenvalue weighted by Crippen LogP contribution is 2.41. The fourth-order valence-corrected chi connectivity index (χ4v) is 7.58. The molecule has 0 atom stereocenters. The molecule has 5 nitrogen and oxygen atoms in total. The molecular formula is C44H24N4O. The van der Waals surface area contributed by atoms with Crippen LogP contribution < -0.4 is 0 Å². The average Bonchev–Trinajstić information content (AvgIpc) is 3.81. The van der Waals surface area contributed by atoms with Gasteiger partial charge in [-0.05, 0) is 71.8 Å². The van der Waals surface area contributed by atoms with Gasteiger partial charge in [0, 0.05) is 49.8 Å². The predicted octanol–water partition coefficient (Wildman–Crippen LogP) is 11.9. The van der Waals surface area contributed by atoms with Crippen LogP contribution in [0.3, 0.4) is 0 Å². The molecule has 7 aromatic carbocycles. The summed E-state index contributed by atoms with van der Waals surface area (Å²) in [5.74, 6) is 0. The standard InChI is InChI=1S/C44H24N4O/c1-46-38-16-8-15-34-37-24-36-33-14-3-5-18-40(33)48(42(36)25-43(37)49-44(34)38)31-12-7-10-29(23-31)28-9-6-11-30(22-28)47-39-17-4-2-13-32(39)35-21-27(26-45)19-20-41(35)47/h2-25H. The summed E-state index contributed by atoms with van der Waals surface area (Å²) in [6, 6.07) is 52.5. The number of hydrogen-bond acceptors (Lipinski definition) is 2. The van der Waals surface area contributed by atoms with E-state index in [9.17, 15) is 5.26 Å². The van der Waals surface area contributed by atoms with Gasteiger partial charge in [-0.15, -0.1) is 0 Å². The second-order valence-corrected chi connectivity index (χ2v) is 12.4. The van der Waals surface area contributed by atoms with Crippen LogP contribution >= 0.6 is 0 Å². The molecule has 10 aromatic rings. The molecule has 3 heterocycles. The van der Waals surface area contributed by atoms with Gasteiger partial charge in [0.15, 0.2) is 0 Å². The van der Waals surface area contributed by atoms with Crippen LogP contribution in [0.5, 0.6) is 0 Å². The van der Waals surface area contributed by atoms with E-state index in [2.05, 4.69) is 123 Å². The van der Waals surface area contributed by atoms with Gasteiger partial charge in [-0.3, -0.25) is 0 Å². The molecule has 0 aliphatic rings. The number of furan rings is 1. The van der Waals surface area contributed by atoms with Gasteiger partial charge >= 0.3 is 0 Å². The topological polar surface area (TPSA) is 51.1 Å². The Labute approximate surface area is 280 Å². The number of rotatable bonds is 3. The molecule has 226 valence electrons. The molecular weight excluding hydrogens is 601 g/mol. The SMILES string of the molecule is [C-]#[N+]c1cccc2c1oc1cc3c(cc12)c1ccccc1n3-c1cccc(-c2cccc(-n3c4ccccc4c4cc(C#N)ccc43)c2)c1. The minimum Gasteiger partial charge on any atom is -0.467 e. The van der Waals surface area contributed by atoms with E-state index in [1.54, 1.807) is 6.07 Å². The van der Waals surface area contributed by atoms with Gasteiger partial charge in [0.1, 0.15) is 11.2 Å². The van der Waals surface area contributed by atoms with E-state index in [1.165, 1.54) is 0 Å². The number of hydrogen-bond donors (Lipinski definition) is 0. The second-order valence-electron chi connectivity index (χ2n) is 12.4. The van der Waals surface area contributed by atoms with Gasteiger partial charge < -0.3 is 13.6 Å². The molecule has 0 unspecified atom stereocenters. The third kappa shape index (κ3) is 3.91. The number of fused-ring (bicyclic) bond motifs is 9. The summed E-state index contributed by atoms with van der Waals surface area (Å²) in [7, 11) is 0. The first-order valence-electron chi connectivity index (χ1n) is 16.1. The molecule has 0 radical (unpaired) electrons. The van der Waals surface area contributed by atoms with Crippen LogP contribution in [0, 0.1) is 17.9 Å². The molecule has 3 aromatic heterocycles. The van der Waals surface area contributed by atoms with E-state index >= 15 is 0 Å². The third-order valence-electron chi connectivity index (χ3n) is 9.73. The average molecular weight is 625 g/mol. The lowest BCUT2D eigenvalue weighted by molar-refractivity contribution is 0.671. The van der Waals surface area contributed by atoms with Crippen molar-refractivity contribution < 1.29 is 4.42 Å². The molecule has 0 aliphatic heterocycles. The summed E-state index contributed by atoms with van der Waals surface area (Å²) in [5, 5.41) is 16.0. The Morgan fingerprint density at radius 2 is 1.10 bits per heavy atom. The maximum atomic E-state index is 9.59. The number of aromatic nitrogens is 2. The van der Waals surface area contributed by atoms with Gasteiger partial charge in [-0.25, -0.2) is 4.85 Å². The Hall–Kier alpha value is -7.08. The van der Waals surface area contributed by atoms with Crippen molar-refractivity contribution >= 4 is 71.2 Å². The van der Waals surface area contributed by atoms with Gasteiger partial charge in [-0.2, -0.15) is 5.26 Å². The summed E-state index contributed by atoms with van der Waals surface area (Å²) >= 11 is 0. The maximum Gasteiger partial charge on any atom is 0.229 e. The second kappa shape index (κ2) is 10.2. The third-order valence-corrected chi connectivity index (χ3v) is 9.73. The van der Waals surface area contributed by atoms with Crippen molar-refractivity contribution in [2.24, 2.45) is 0 Å². The predicted molar refractivity (Wildman–Crippen MR) is 199 cm³/mol. The van der Waals surface area contributed by atoms with E-state index < -0.39 is 0 Å². The largest absolute Gasteiger partial charge is 0.467 e. The Kier molecular flexibility index (Phi) is 5.64. The molecule has 0 saturated heterocycles. The van der Waals surface area contributed by atoms with Crippen molar-refractivity contribution in [2.45, 2.75) is 0 Å². The van der Waals surface area contributed by atoms with Crippen LogP contribution in [0.4, 0.5) is 5.69 Å². The van der Waals surface area contributed by atoms with Crippen LogP contribution in [0.15, 0.2) is 150 Å². The van der Waals surface area contributed by atoms with Crippen LogP contribution in [-0.4, -0.2) is 9.13 Å². The molecule has 0 fully saturated rings. The van der Waals surface area contributed by atoms with Crippen molar-refractivity contribution in [3.63, 3.8) is 0 Å². The Balaban J connectivity index is 1.16. The van der Waals surface area contributed by atoms with Crippen LogP contribution in [-0.2, 0) is 0 Å². The van der Waals surface area contributed by atoms with E-state index in [4.69, 9.17) is 11.0 Å². The molecule has 0 aliphatic carbocycles. The number of benzene rings is 7. The number of nitrogens with zero attached hydrogens (tertiary/aromatic N) is 4. The van der Waals surface area contributed by atoms with Gasteiger partial charge in [0.25, 0.3) is 0 Å². The quantitative estimate of drug-likeness (QED) is 0.184. The van der Waals surface area contributed by atoms with Crippen LogP contribution in [0.2, 0.25) is 0 Å². The summed E-state index contributed by atoms with van der Waals surface area (Å²) < 4.78 is 10.9. The smallest absolute Gasteiger partial charge is 0.229 e. The first-order valence-corrected chi connectivity index (χ1v) is 16.1. The van der Waals surface area contributed by atoms with Crippen molar-refractivity contribution in [1.29, 1.82) is 5.26 Å². The minimum atomic E-state index is 0.522. The molecule has 5 heteroatoms. The van der Waals surface area contributed by atoms with Gasteiger partial charge in [-0.1, -0.05) is 78.9 Å². The van der Waals surface area contributed by atoms with Crippen LogP contribution in [0.1, 0.15) is 5.56 Å². The minimum absolute atomic E-state index is 0.522. The highest BCUT2D eigenvalue weighted by atomic mass is 16.3. The van der Waals surface area contributed by atoms with E-state index in [-0.39, 0.29) is 0 Å². The van der Waals surface area contributed by atoms with Crippen molar-refractivity contribution in [2.75, 3.05) is 0 Å². The molecule has 0 spiro atoms. The zero-order valence-corrected chi connectivity index (χ0v) is 26.1. The van der Waals surface area contributed by atoms with Gasteiger partial charge in [0.2, 0.25) is 5.69 Å². The molecule has 10 rings (SSSR count). The normalized spacial score (nSPS) is 11.6. The molecule has 0 bridgehead atoms. The van der Waals surface area contributed by atoms with Crippen LogP contribution in [0.25, 0.3) is 92.9 Å². The first kappa shape index (κ1) is 27.1. The lowest BCUT2D eigenvalue weighted by atomic mass is 10.0. The zero-order valence-electron chi connectivity index (χ0n) is 26.1. The number of nitriles is 1. The lowest BCUT2D eigenvalue weighted by Gasteiger charge is -2.12. The fourth-order valence-electron chi connectivity index (χ4n) is 7.58. The highest BCUT2D eigenvalue weighted by Gasteiger charge is 2.18. The molecule has 0 N–H and O–H groups in total. The summed E-state index contributed by atoms with van der Waals surface area (Å²) in [6.45, 7) is 7.65. The Morgan fingerprint density at radius 1 is 0.510 bits per heavy atom. The van der Waals surface area contributed by atoms with Gasteiger partial charge in [0.05, 0.1) is 40.3 Å². The fraction of sp³-hybridized carbons (Fsp3) is 0. The summed E-state index contributed by atoms with van der Waals surface area (Å²) in [4.78, 5) is 3.70. The van der Waals surface area contributed by atoms with Crippen molar-refractivity contribution in [3.8, 4) is 28.6 Å². The molecule has 49 heavy (non-hydrogen) atoms. The number of para-hydroxylation sites is 3. The maximum absolute atomic E-state index is 9.59. The van der Waals surface area contributed by atoms with E-state index in [0.29, 0.717) is 16.8 Å². The highest BCUT2D eigenvalue weighted by molar-refractivity contribution is 6.18. The zero-order chi connectivity index (χ0) is 32.6.